The number of anilines is 2. The molecule has 9 nitrogen and oxygen atoms in total. The standard InChI is InChI=1S/C24H30F4N6O3/c1-14-11-37-12-18(15-2-4-17(5-3-15)24(26,27)28)34(14)23-21(25)22(31-13-32-23)30-8-16-6-7-33(9-19(16)35)10-20(29)36/h2-5,13-14,16,18-19,35H,6-12H2,1H3,(H2,29,36)(H,30,31,32). The molecule has 4 rings (SSSR count). The molecule has 13 heteroatoms. The summed E-state index contributed by atoms with van der Waals surface area (Å²) >= 11 is 0. The molecule has 1 aromatic heterocycles. The predicted octanol–water partition coefficient (Wildman–Crippen LogP) is 2.18. The van der Waals surface area contributed by atoms with E-state index in [9.17, 15) is 23.1 Å². The number of hydrogen-bond acceptors (Lipinski definition) is 8. The fourth-order valence-electron chi connectivity index (χ4n) is 4.86. The van der Waals surface area contributed by atoms with Gasteiger partial charge in [-0.2, -0.15) is 17.6 Å². The molecule has 0 spiro atoms. The van der Waals surface area contributed by atoms with Gasteiger partial charge in [-0.3, -0.25) is 9.69 Å². The Bertz CT molecular complexity index is 1090. The van der Waals surface area contributed by atoms with E-state index in [-0.39, 0.29) is 49.8 Å². The van der Waals surface area contributed by atoms with E-state index >= 15 is 4.39 Å². The molecule has 0 radical (unpaired) electrons. The van der Waals surface area contributed by atoms with Gasteiger partial charge in [-0.05, 0) is 37.6 Å². The molecule has 0 saturated carbocycles. The van der Waals surface area contributed by atoms with E-state index in [1.54, 1.807) is 9.80 Å². The summed E-state index contributed by atoms with van der Waals surface area (Å²) in [5.41, 5.74) is 4.99. The fourth-order valence-corrected chi connectivity index (χ4v) is 4.86. The smallest absolute Gasteiger partial charge is 0.391 e. The van der Waals surface area contributed by atoms with Gasteiger partial charge < -0.3 is 25.8 Å². The van der Waals surface area contributed by atoms with Crippen LogP contribution in [0.2, 0.25) is 0 Å². The van der Waals surface area contributed by atoms with Crippen LogP contribution < -0.4 is 16.0 Å². The molecular formula is C24H30F4N6O3. The van der Waals surface area contributed by atoms with Crippen LogP contribution in [0, 0.1) is 11.7 Å². The lowest BCUT2D eigenvalue weighted by molar-refractivity contribution is -0.137. The van der Waals surface area contributed by atoms with Crippen molar-refractivity contribution in [1.29, 1.82) is 0 Å². The number of morpholine rings is 1. The molecule has 2 aromatic rings. The zero-order chi connectivity index (χ0) is 26.7. The van der Waals surface area contributed by atoms with Gasteiger partial charge in [-0.15, -0.1) is 0 Å². The molecule has 4 unspecified atom stereocenters. The Hall–Kier alpha value is -3.03. The molecule has 4 N–H and O–H groups in total. The zero-order valence-electron chi connectivity index (χ0n) is 20.3. The minimum Gasteiger partial charge on any atom is -0.391 e. The second-order valence-electron chi connectivity index (χ2n) is 9.49. The Kier molecular flexibility index (Phi) is 8.14. The zero-order valence-corrected chi connectivity index (χ0v) is 20.3. The number of aromatic nitrogens is 2. The molecule has 3 heterocycles. The van der Waals surface area contributed by atoms with E-state index in [1.165, 1.54) is 18.5 Å². The van der Waals surface area contributed by atoms with Crippen LogP contribution in [0.5, 0.6) is 0 Å². The molecule has 2 fully saturated rings. The van der Waals surface area contributed by atoms with Crippen LogP contribution in [-0.2, 0) is 15.7 Å². The number of nitrogens with one attached hydrogen (secondary N) is 1. The van der Waals surface area contributed by atoms with Gasteiger partial charge in [-0.1, -0.05) is 12.1 Å². The number of amides is 1. The van der Waals surface area contributed by atoms with Gasteiger partial charge in [0.2, 0.25) is 11.7 Å². The Morgan fingerprint density at radius 3 is 2.62 bits per heavy atom. The first-order chi connectivity index (χ1) is 17.5. The monoisotopic (exact) mass is 526 g/mol. The maximum Gasteiger partial charge on any atom is 0.416 e. The van der Waals surface area contributed by atoms with Crippen LogP contribution in [0.25, 0.3) is 0 Å². The third-order valence-electron chi connectivity index (χ3n) is 6.80. The van der Waals surface area contributed by atoms with Crippen molar-refractivity contribution in [3.8, 4) is 0 Å². The number of rotatable bonds is 7. The summed E-state index contributed by atoms with van der Waals surface area (Å²) in [6, 6.07) is 3.86. The Balaban J connectivity index is 1.50. The van der Waals surface area contributed by atoms with E-state index in [0.29, 0.717) is 25.1 Å². The van der Waals surface area contributed by atoms with Crippen LogP contribution in [0.4, 0.5) is 29.2 Å². The number of hydrogen-bond donors (Lipinski definition) is 3. The highest BCUT2D eigenvalue weighted by atomic mass is 19.4. The third kappa shape index (κ3) is 6.28. The van der Waals surface area contributed by atoms with Crippen molar-refractivity contribution in [1.82, 2.24) is 14.9 Å². The molecular weight excluding hydrogens is 496 g/mol. The van der Waals surface area contributed by atoms with Crippen LogP contribution in [-0.4, -0.2) is 77.4 Å². The number of nitrogens with zero attached hydrogens (tertiary/aromatic N) is 4. The van der Waals surface area contributed by atoms with Crippen molar-refractivity contribution in [2.24, 2.45) is 11.7 Å². The Morgan fingerprint density at radius 2 is 1.97 bits per heavy atom. The summed E-state index contributed by atoms with van der Waals surface area (Å²) in [6.45, 7) is 3.44. The van der Waals surface area contributed by atoms with Crippen molar-refractivity contribution in [2.45, 2.75) is 37.7 Å². The quantitative estimate of drug-likeness (QED) is 0.470. The highest BCUT2D eigenvalue weighted by molar-refractivity contribution is 5.75. The molecule has 4 atom stereocenters. The molecule has 2 saturated heterocycles. The van der Waals surface area contributed by atoms with Crippen molar-refractivity contribution in [3.05, 3.63) is 47.5 Å². The number of ether oxygens (including phenoxy) is 1. The number of alkyl halides is 3. The van der Waals surface area contributed by atoms with Gasteiger partial charge in [0.1, 0.15) is 6.33 Å². The van der Waals surface area contributed by atoms with Crippen molar-refractivity contribution in [2.75, 3.05) is 49.6 Å². The average molecular weight is 527 g/mol. The molecule has 37 heavy (non-hydrogen) atoms. The molecule has 202 valence electrons. The number of primary amides is 1. The third-order valence-corrected chi connectivity index (χ3v) is 6.80. The second-order valence-corrected chi connectivity index (χ2v) is 9.49. The lowest BCUT2D eigenvalue weighted by atomic mass is 9.93. The Labute approximate surface area is 211 Å². The molecule has 0 aliphatic carbocycles. The maximum atomic E-state index is 15.7. The van der Waals surface area contributed by atoms with Crippen molar-refractivity contribution < 1.29 is 32.2 Å². The van der Waals surface area contributed by atoms with Gasteiger partial charge in [0.15, 0.2) is 11.6 Å². The summed E-state index contributed by atoms with van der Waals surface area (Å²) < 4.78 is 60.3. The van der Waals surface area contributed by atoms with E-state index in [2.05, 4.69) is 15.3 Å². The fraction of sp³-hybridized carbons (Fsp3) is 0.542. The lowest BCUT2D eigenvalue weighted by Gasteiger charge is -2.41. The maximum absolute atomic E-state index is 15.7. The minimum atomic E-state index is -4.46. The molecule has 0 bridgehead atoms. The number of halogens is 4. The van der Waals surface area contributed by atoms with Gasteiger partial charge in [0, 0.05) is 19.0 Å². The van der Waals surface area contributed by atoms with Crippen LogP contribution >= 0.6 is 0 Å². The molecule has 1 aromatic carbocycles. The van der Waals surface area contributed by atoms with Crippen LogP contribution in [0.1, 0.15) is 30.5 Å². The van der Waals surface area contributed by atoms with E-state index in [0.717, 1.165) is 12.1 Å². The first-order valence-corrected chi connectivity index (χ1v) is 12.0. The van der Waals surface area contributed by atoms with Crippen LogP contribution in [0.3, 0.4) is 0 Å². The van der Waals surface area contributed by atoms with Crippen LogP contribution in [0.15, 0.2) is 30.6 Å². The van der Waals surface area contributed by atoms with E-state index < -0.39 is 35.6 Å². The highest BCUT2D eigenvalue weighted by Crippen LogP contribution is 2.36. The van der Waals surface area contributed by atoms with Gasteiger partial charge >= 0.3 is 6.18 Å². The number of aliphatic hydroxyl groups is 1. The summed E-state index contributed by atoms with van der Waals surface area (Å²) in [6.07, 6.45) is -3.39. The number of carbonyl (C=O) groups is 1. The average Bonchev–Trinajstić information content (AvgIpc) is 2.84. The van der Waals surface area contributed by atoms with E-state index in [1.807, 2.05) is 6.92 Å². The highest BCUT2D eigenvalue weighted by Gasteiger charge is 2.35. The predicted molar refractivity (Wildman–Crippen MR) is 127 cm³/mol. The summed E-state index contributed by atoms with van der Waals surface area (Å²) in [5.74, 6) is -1.39. The molecule has 1 amide bonds. The molecule has 2 aliphatic heterocycles. The van der Waals surface area contributed by atoms with Gasteiger partial charge in [0.05, 0.1) is 43.5 Å². The minimum absolute atomic E-state index is 0.00928. The number of aliphatic hydroxyl groups excluding tert-OH is 1. The number of benzene rings is 1. The number of carbonyl (C=O) groups excluding carboxylic acids is 1. The van der Waals surface area contributed by atoms with Gasteiger partial charge in [-0.25, -0.2) is 9.97 Å². The van der Waals surface area contributed by atoms with Gasteiger partial charge in [0.25, 0.3) is 0 Å². The largest absolute Gasteiger partial charge is 0.416 e. The SMILES string of the molecule is CC1COCC(c2ccc(C(F)(F)F)cc2)N1c1ncnc(NCC2CCN(CC(N)=O)CC2O)c1F. The van der Waals surface area contributed by atoms with Crippen molar-refractivity contribution in [3.63, 3.8) is 0 Å². The summed E-state index contributed by atoms with van der Waals surface area (Å²) in [5, 5.41) is 13.4. The normalized spacial score (nSPS) is 25.2. The number of likely N-dealkylation sites (tertiary alicyclic amines) is 1. The number of nitrogens with two attached hydrogens (primary N) is 1. The Morgan fingerprint density at radius 1 is 1.24 bits per heavy atom. The lowest BCUT2D eigenvalue weighted by Crippen LogP contribution is -2.48. The molecule has 2 aliphatic rings. The summed E-state index contributed by atoms with van der Waals surface area (Å²) in [7, 11) is 0. The first-order valence-electron chi connectivity index (χ1n) is 12.0. The second kappa shape index (κ2) is 11.2. The van der Waals surface area contributed by atoms with Crippen molar-refractivity contribution >= 4 is 17.5 Å². The van der Waals surface area contributed by atoms with E-state index in [4.69, 9.17) is 10.5 Å². The number of piperidine rings is 1. The first kappa shape index (κ1) is 27.0. The summed E-state index contributed by atoms with van der Waals surface area (Å²) in [4.78, 5) is 22.8. The number of β-amino-alcohol motifs (C(OH)–C–C–N with tert-alkyl or cyclic N) is 1. The topological polar surface area (TPSA) is 117 Å².